The minimum atomic E-state index is -0.0460. The van der Waals surface area contributed by atoms with Gasteiger partial charge in [0.2, 0.25) is 0 Å². The highest BCUT2D eigenvalue weighted by Gasteiger charge is 2.17. The van der Waals surface area contributed by atoms with Crippen LogP contribution in [0.3, 0.4) is 0 Å². The number of nitrogens with one attached hydrogen (secondary N) is 1. The minimum absolute atomic E-state index is 0.0460. The zero-order valence-corrected chi connectivity index (χ0v) is 15.1. The summed E-state index contributed by atoms with van der Waals surface area (Å²) in [6.45, 7) is 2.45. The topological polar surface area (TPSA) is 43.3 Å². The van der Waals surface area contributed by atoms with Crippen molar-refractivity contribution in [3.05, 3.63) is 82.3 Å². The number of benzene rings is 2. The van der Waals surface area contributed by atoms with E-state index in [0.29, 0.717) is 17.7 Å². The lowest BCUT2D eigenvalue weighted by Gasteiger charge is -2.17. The van der Waals surface area contributed by atoms with Crippen molar-refractivity contribution in [2.75, 3.05) is 11.9 Å². The first-order valence-corrected chi connectivity index (χ1v) is 9.33. The smallest absolute Gasteiger partial charge is 0.196 e. The van der Waals surface area contributed by atoms with Crippen LogP contribution in [0.1, 0.15) is 6.92 Å². The van der Waals surface area contributed by atoms with Gasteiger partial charge >= 0.3 is 0 Å². The largest absolute Gasteiger partial charge is 0.492 e. The number of thiophene rings is 1. The first-order chi connectivity index (χ1) is 12.8. The van der Waals surface area contributed by atoms with Crippen molar-refractivity contribution in [2.45, 2.75) is 6.92 Å². The van der Waals surface area contributed by atoms with Gasteiger partial charge in [-0.2, -0.15) is 0 Å². The Morgan fingerprint density at radius 1 is 1.04 bits per heavy atom. The van der Waals surface area contributed by atoms with Crippen molar-refractivity contribution in [1.82, 2.24) is 4.57 Å². The van der Waals surface area contributed by atoms with E-state index in [4.69, 9.17) is 4.74 Å². The van der Waals surface area contributed by atoms with Gasteiger partial charge in [-0.1, -0.05) is 36.4 Å². The van der Waals surface area contributed by atoms with Gasteiger partial charge in [-0.05, 0) is 31.2 Å². The number of nitrogens with zero attached hydrogens (tertiary/aromatic N) is 1. The van der Waals surface area contributed by atoms with Gasteiger partial charge in [0, 0.05) is 22.8 Å². The molecule has 0 spiro atoms. The van der Waals surface area contributed by atoms with Gasteiger partial charge in [0.1, 0.15) is 16.4 Å². The van der Waals surface area contributed by atoms with Crippen molar-refractivity contribution in [1.29, 1.82) is 0 Å². The summed E-state index contributed by atoms with van der Waals surface area (Å²) in [4.78, 5) is 13.7. The number of fused-ring (bicyclic) bond motifs is 1. The summed E-state index contributed by atoms with van der Waals surface area (Å²) in [5.41, 5.74) is 1.87. The summed E-state index contributed by atoms with van der Waals surface area (Å²) in [7, 11) is 0. The van der Waals surface area contributed by atoms with Crippen molar-refractivity contribution in [2.24, 2.45) is 0 Å². The molecule has 1 N–H and O–H groups in total. The molecular formula is C21H18N2O2S. The molecular weight excluding hydrogens is 344 g/mol. The molecule has 2 aromatic carbocycles. The molecule has 0 bridgehead atoms. The third-order valence-corrected chi connectivity index (χ3v) is 5.00. The number of pyridine rings is 1. The summed E-state index contributed by atoms with van der Waals surface area (Å²) in [6.07, 6.45) is 0. The Balaban J connectivity index is 1.97. The van der Waals surface area contributed by atoms with Gasteiger partial charge in [0.25, 0.3) is 0 Å². The molecule has 2 heterocycles. The molecule has 2 aromatic heterocycles. The molecule has 5 heteroatoms. The zero-order valence-electron chi connectivity index (χ0n) is 14.3. The molecule has 0 fully saturated rings. The molecule has 0 aliphatic carbocycles. The average Bonchev–Trinajstić information content (AvgIpc) is 3.08. The third kappa shape index (κ3) is 2.97. The molecule has 0 aliphatic heterocycles. The lowest BCUT2D eigenvalue weighted by molar-refractivity contribution is 0.345. The SMILES string of the molecule is CCOc1csc2c1c(=O)cc(Nc1ccccc1)n2-c1ccccc1. The van der Waals surface area contributed by atoms with Crippen LogP contribution in [-0.4, -0.2) is 11.2 Å². The zero-order chi connectivity index (χ0) is 17.9. The normalized spacial score (nSPS) is 10.8. The Labute approximate surface area is 155 Å². The Morgan fingerprint density at radius 2 is 1.73 bits per heavy atom. The Hall–Kier alpha value is -3.05. The predicted molar refractivity (Wildman–Crippen MR) is 108 cm³/mol. The van der Waals surface area contributed by atoms with E-state index < -0.39 is 0 Å². The highest BCUT2D eigenvalue weighted by Crippen LogP contribution is 2.34. The van der Waals surface area contributed by atoms with Crippen LogP contribution in [0.4, 0.5) is 11.5 Å². The average molecular weight is 362 g/mol. The maximum atomic E-state index is 12.8. The Kier molecular flexibility index (Phi) is 4.46. The van der Waals surface area contributed by atoms with E-state index in [1.54, 1.807) is 6.07 Å². The number of aromatic nitrogens is 1. The van der Waals surface area contributed by atoms with E-state index in [9.17, 15) is 4.79 Å². The van der Waals surface area contributed by atoms with Crippen LogP contribution in [0, 0.1) is 0 Å². The molecule has 4 rings (SSSR count). The van der Waals surface area contributed by atoms with E-state index in [0.717, 1.165) is 22.0 Å². The molecule has 0 amide bonds. The summed E-state index contributed by atoms with van der Waals surface area (Å²) in [6, 6.07) is 21.5. The second-order valence-electron chi connectivity index (χ2n) is 5.77. The van der Waals surface area contributed by atoms with Crippen LogP contribution < -0.4 is 15.5 Å². The molecule has 0 atom stereocenters. The first-order valence-electron chi connectivity index (χ1n) is 8.45. The quantitative estimate of drug-likeness (QED) is 0.531. The number of rotatable bonds is 5. The number of hydrogen-bond donors (Lipinski definition) is 1. The van der Waals surface area contributed by atoms with E-state index in [1.807, 2.05) is 73.0 Å². The van der Waals surface area contributed by atoms with Crippen molar-refractivity contribution >= 4 is 33.1 Å². The van der Waals surface area contributed by atoms with E-state index in [-0.39, 0.29) is 5.43 Å². The van der Waals surface area contributed by atoms with Gasteiger partial charge in [-0.3, -0.25) is 9.36 Å². The number of hydrogen-bond acceptors (Lipinski definition) is 4. The minimum Gasteiger partial charge on any atom is -0.492 e. The maximum absolute atomic E-state index is 12.8. The molecule has 0 aliphatic rings. The monoisotopic (exact) mass is 362 g/mol. The molecule has 4 nitrogen and oxygen atoms in total. The van der Waals surface area contributed by atoms with Gasteiger partial charge in [0.05, 0.1) is 12.0 Å². The van der Waals surface area contributed by atoms with Gasteiger partial charge in [-0.25, -0.2) is 0 Å². The Morgan fingerprint density at radius 3 is 2.42 bits per heavy atom. The van der Waals surface area contributed by atoms with Crippen LogP contribution in [0.25, 0.3) is 15.9 Å². The number of ether oxygens (including phenoxy) is 1. The third-order valence-electron chi connectivity index (χ3n) is 4.06. The molecule has 26 heavy (non-hydrogen) atoms. The van der Waals surface area contributed by atoms with Crippen molar-refractivity contribution < 1.29 is 4.74 Å². The molecule has 4 aromatic rings. The van der Waals surface area contributed by atoms with Gasteiger partial charge in [-0.15, -0.1) is 11.3 Å². The van der Waals surface area contributed by atoms with E-state index in [1.165, 1.54) is 11.3 Å². The van der Waals surface area contributed by atoms with Crippen molar-refractivity contribution in [3.8, 4) is 11.4 Å². The predicted octanol–water partition coefficient (Wildman–Crippen LogP) is 5.19. The summed E-state index contributed by atoms with van der Waals surface area (Å²) >= 11 is 1.51. The van der Waals surface area contributed by atoms with Gasteiger partial charge in [0.15, 0.2) is 5.43 Å². The summed E-state index contributed by atoms with van der Waals surface area (Å²) in [5, 5.41) is 5.90. The fourth-order valence-corrected chi connectivity index (χ4v) is 3.98. The molecule has 0 unspecified atom stereocenters. The van der Waals surface area contributed by atoms with E-state index in [2.05, 4.69) is 9.88 Å². The lowest BCUT2D eigenvalue weighted by Crippen LogP contribution is -2.11. The van der Waals surface area contributed by atoms with Crippen LogP contribution in [-0.2, 0) is 0 Å². The lowest BCUT2D eigenvalue weighted by atomic mass is 10.2. The Bertz CT molecular complexity index is 1090. The summed E-state index contributed by atoms with van der Waals surface area (Å²) in [5.74, 6) is 1.37. The second kappa shape index (κ2) is 7.06. The molecule has 0 saturated carbocycles. The standard InChI is InChI=1S/C21H18N2O2S/c1-2-25-18-14-26-21-20(18)17(24)13-19(22-15-9-5-3-6-10-15)23(21)16-11-7-4-8-12-16/h3-14,22H,2H2,1H3. The number of para-hydroxylation sites is 2. The van der Waals surface area contributed by atoms with E-state index >= 15 is 0 Å². The highest BCUT2D eigenvalue weighted by molar-refractivity contribution is 7.17. The van der Waals surface area contributed by atoms with Gasteiger partial charge < -0.3 is 10.1 Å². The maximum Gasteiger partial charge on any atom is 0.196 e. The fraction of sp³-hybridized carbons (Fsp3) is 0.0952. The number of anilines is 2. The molecule has 0 saturated heterocycles. The molecule has 130 valence electrons. The van der Waals surface area contributed by atoms with Crippen molar-refractivity contribution in [3.63, 3.8) is 0 Å². The first kappa shape index (κ1) is 16.4. The second-order valence-corrected chi connectivity index (χ2v) is 6.63. The van der Waals surface area contributed by atoms with Crippen LogP contribution in [0.15, 0.2) is 76.9 Å². The van der Waals surface area contributed by atoms with Crippen LogP contribution >= 0.6 is 11.3 Å². The highest BCUT2D eigenvalue weighted by atomic mass is 32.1. The molecule has 0 radical (unpaired) electrons. The summed E-state index contributed by atoms with van der Waals surface area (Å²) < 4.78 is 7.73. The fourth-order valence-electron chi connectivity index (χ4n) is 2.95. The van der Waals surface area contributed by atoms with Crippen LogP contribution in [0.5, 0.6) is 5.75 Å². The van der Waals surface area contributed by atoms with Crippen LogP contribution in [0.2, 0.25) is 0 Å².